The van der Waals surface area contributed by atoms with Crippen LogP contribution in [-0.4, -0.2) is 63.4 Å². The Labute approximate surface area is 192 Å². The molecule has 1 aromatic carbocycles. The molecule has 1 amide bonds. The fraction of sp³-hybridized carbons (Fsp3) is 0.458. The fourth-order valence-electron chi connectivity index (χ4n) is 4.54. The molecule has 0 spiro atoms. The molecule has 0 radical (unpaired) electrons. The molecule has 3 aromatic rings. The van der Waals surface area contributed by atoms with Crippen LogP contribution in [0.3, 0.4) is 0 Å². The topological polar surface area (TPSA) is 75.0 Å². The number of carbonyl (C=O) groups is 1. The zero-order chi connectivity index (χ0) is 23.2. The first-order valence-electron chi connectivity index (χ1n) is 11.4. The Bertz CT molecular complexity index is 1190. The highest BCUT2D eigenvalue weighted by Gasteiger charge is 2.29. The Balaban J connectivity index is 1.63. The van der Waals surface area contributed by atoms with E-state index in [-0.39, 0.29) is 5.82 Å². The molecule has 2 aliphatic heterocycles. The van der Waals surface area contributed by atoms with Gasteiger partial charge in [-0.2, -0.15) is 5.10 Å². The van der Waals surface area contributed by atoms with Gasteiger partial charge in [0.2, 0.25) is 0 Å². The van der Waals surface area contributed by atoms with Crippen LogP contribution in [0.4, 0.5) is 20.7 Å². The number of fused-ring (bicyclic) bond motifs is 5. The Morgan fingerprint density at radius 3 is 2.85 bits per heavy atom. The summed E-state index contributed by atoms with van der Waals surface area (Å²) in [6, 6.07) is 7.12. The summed E-state index contributed by atoms with van der Waals surface area (Å²) in [4.78, 5) is 21.9. The number of benzene rings is 1. The van der Waals surface area contributed by atoms with E-state index in [1.165, 1.54) is 6.07 Å². The smallest absolute Gasteiger partial charge is 0.416 e. The predicted octanol–water partition coefficient (Wildman–Crippen LogP) is 4.17. The largest absolute Gasteiger partial charge is 0.443 e. The number of nitrogens with one attached hydrogen (secondary N) is 1. The maximum Gasteiger partial charge on any atom is 0.416 e. The third-order valence-corrected chi connectivity index (χ3v) is 6.15. The molecular weight excluding hydrogens is 423 g/mol. The van der Waals surface area contributed by atoms with E-state index in [0.29, 0.717) is 41.7 Å². The van der Waals surface area contributed by atoms with Crippen molar-refractivity contribution in [2.75, 3.05) is 36.4 Å². The third-order valence-electron chi connectivity index (χ3n) is 6.15. The number of hydrogen-bond acceptors (Lipinski definition) is 6. The van der Waals surface area contributed by atoms with Gasteiger partial charge >= 0.3 is 6.09 Å². The van der Waals surface area contributed by atoms with E-state index in [1.54, 1.807) is 40.0 Å². The van der Waals surface area contributed by atoms with E-state index < -0.39 is 11.7 Å². The van der Waals surface area contributed by atoms with Crippen LogP contribution in [-0.2, 0) is 4.74 Å². The zero-order valence-electron chi connectivity index (χ0n) is 19.2. The second kappa shape index (κ2) is 8.30. The maximum atomic E-state index is 14.9. The van der Waals surface area contributed by atoms with Gasteiger partial charge in [0.25, 0.3) is 0 Å². The van der Waals surface area contributed by atoms with Gasteiger partial charge in [0.05, 0.1) is 6.20 Å². The number of anilines is 2. The minimum absolute atomic E-state index is 0.337. The van der Waals surface area contributed by atoms with Gasteiger partial charge in [0.15, 0.2) is 5.65 Å². The molecule has 1 saturated heterocycles. The van der Waals surface area contributed by atoms with E-state index in [2.05, 4.69) is 15.3 Å². The van der Waals surface area contributed by atoms with Crippen LogP contribution in [0.2, 0.25) is 0 Å². The van der Waals surface area contributed by atoms with E-state index in [9.17, 15) is 9.18 Å². The first-order chi connectivity index (χ1) is 15.8. The average Bonchev–Trinajstić information content (AvgIpc) is 3.38. The van der Waals surface area contributed by atoms with Crippen molar-refractivity contribution in [3.8, 4) is 11.1 Å². The molecule has 4 heterocycles. The number of carbonyl (C=O) groups excluding carboxylic acids is 1. The third kappa shape index (κ3) is 4.37. The second-order valence-electron chi connectivity index (χ2n) is 9.65. The van der Waals surface area contributed by atoms with Crippen LogP contribution in [0.25, 0.3) is 16.8 Å². The number of nitrogens with zero attached hydrogens (tertiary/aromatic N) is 5. The molecule has 0 unspecified atom stereocenters. The molecule has 33 heavy (non-hydrogen) atoms. The fourth-order valence-corrected chi connectivity index (χ4v) is 4.54. The van der Waals surface area contributed by atoms with Gasteiger partial charge in [-0.3, -0.25) is 9.80 Å². The Kier molecular flexibility index (Phi) is 5.44. The molecule has 1 fully saturated rings. The summed E-state index contributed by atoms with van der Waals surface area (Å²) in [6.45, 7) is 8.42. The van der Waals surface area contributed by atoms with Gasteiger partial charge in [0.1, 0.15) is 17.2 Å². The minimum Gasteiger partial charge on any atom is -0.443 e. The summed E-state index contributed by atoms with van der Waals surface area (Å²) < 4.78 is 22.1. The lowest BCUT2D eigenvalue weighted by molar-refractivity contribution is 0.0575. The first-order valence-corrected chi connectivity index (χ1v) is 11.4. The molecule has 0 saturated carbocycles. The summed E-state index contributed by atoms with van der Waals surface area (Å²) in [6.07, 6.45) is 5.08. The quantitative estimate of drug-likeness (QED) is 0.552. The molecule has 5 rings (SSSR count). The van der Waals surface area contributed by atoms with Gasteiger partial charge in [0, 0.05) is 48.7 Å². The van der Waals surface area contributed by atoms with Gasteiger partial charge in [-0.15, -0.1) is 0 Å². The summed E-state index contributed by atoms with van der Waals surface area (Å²) >= 11 is 0. The molecule has 0 aliphatic carbocycles. The summed E-state index contributed by atoms with van der Waals surface area (Å²) in [5.74, 6) is 0.113. The van der Waals surface area contributed by atoms with Gasteiger partial charge in [-0.05, 0) is 64.4 Å². The maximum absolute atomic E-state index is 14.9. The van der Waals surface area contributed by atoms with Gasteiger partial charge < -0.3 is 10.1 Å². The van der Waals surface area contributed by atoms with Crippen molar-refractivity contribution in [1.29, 1.82) is 0 Å². The van der Waals surface area contributed by atoms with Gasteiger partial charge in [-0.1, -0.05) is 0 Å². The molecule has 8 nitrogen and oxygen atoms in total. The van der Waals surface area contributed by atoms with Crippen LogP contribution in [0.15, 0.2) is 36.7 Å². The standard InChI is InChI=1S/C24H29FN6O2/c1-24(2,3)33-23(32)30-12-11-29-9-4-5-17(29)14-26-16-6-7-20(25)18(13-16)19-15-27-31-10-8-21(30)28-22(19)31/h6-8,10,13,15,17,26H,4-5,9,11-12,14H2,1-3H3/t17-/m0/s1. The molecule has 174 valence electrons. The lowest BCUT2D eigenvalue weighted by Gasteiger charge is -2.30. The SMILES string of the molecule is CC(C)(C)OC(=O)N1CCN2CCC[C@H]2CNc2ccc(F)c(c2)-c2cnn3ccc1nc23. The van der Waals surface area contributed by atoms with E-state index in [0.717, 1.165) is 31.6 Å². The molecule has 1 atom stereocenters. The molecular formula is C24H29FN6O2. The summed E-state index contributed by atoms with van der Waals surface area (Å²) in [5, 5.41) is 7.82. The Morgan fingerprint density at radius 2 is 2.03 bits per heavy atom. The number of amides is 1. The summed E-state index contributed by atoms with van der Waals surface area (Å²) in [7, 11) is 0. The summed E-state index contributed by atoms with van der Waals surface area (Å²) in [5.41, 5.74) is 1.70. The first kappa shape index (κ1) is 21.6. The highest BCUT2D eigenvalue weighted by atomic mass is 19.1. The van der Waals surface area contributed by atoms with Crippen molar-refractivity contribution >= 4 is 23.2 Å². The van der Waals surface area contributed by atoms with Crippen molar-refractivity contribution < 1.29 is 13.9 Å². The number of halogens is 1. The Morgan fingerprint density at radius 1 is 1.18 bits per heavy atom. The number of aromatic nitrogens is 3. The van der Waals surface area contributed by atoms with Crippen LogP contribution in [0.5, 0.6) is 0 Å². The zero-order valence-corrected chi connectivity index (χ0v) is 19.2. The average molecular weight is 453 g/mol. The highest BCUT2D eigenvalue weighted by molar-refractivity contribution is 5.88. The van der Waals surface area contributed by atoms with Crippen molar-refractivity contribution in [3.63, 3.8) is 0 Å². The number of hydrogen-bond donors (Lipinski definition) is 1. The van der Waals surface area contributed by atoms with Crippen molar-refractivity contribution in [2.45, 2.75) is 45.3 Å². The lowest BCUT2D eigenvalue weighted by Crippen LogP contribution is -2.44. The second-order valence-corrected chi connectivity index (χ2v) is 9.65. The molecule has 9 heteroatoms. The predicted molar refractivity (Wildman–Crippen MR) is 125 cm³/mol. The molecule has 1 N–H and O–H groups in total. The van der Waals surface area contributed by atoms with E-state index in [1.807, 2.05) is 20.8 Å². The normalized spacial score (nSPS) is 19.3. The Hall–Kier alpha value is -3.20. The molecule has 4 bridgehead atoms. The van der Waals surface area contributed by atoms with Crippen LogP contribution < -0.4 is 10.2 Å². The van der Waals surface area contributed by atoms with E-state index in [4.69, 9.17) is 9.72 Å². The lowest BCUT2D eigenvalue weighted by atomic mass is 10.1. The van der Waals surface area contributed by atoms with Crippen LogP contribution in [0, 0.1) is 5.82 Å². The minimum atomic E-state index is -0.633. The van der Waals surface area contributed by atoms with E-state index >= 15 is 0 Å². The molecule has 2 aromatic heterocycles. The van der Waals surface area contributed by atoms with Crippen molar-refractivity contribution in [2.24, 2.45) is 0 Å². The van der Waals surface area contributed by atoms with Crippen LogP contribution >= 0.6 is 0 Å². The van der Waals surface area contributed by atoms with Crippen LogP contribution in [0.1, 0.15) is 33.6 Å². The monoisotopic (exact) mass is 452 g/mol. The van der Waals surface area contributed by atoms with Crippen molar-refractivity contribution in [1.82, 2.24) is 19.5 Å². The van der Waals surface area contributed by atoms with Crippen molar-refractivity contribution in [3.05, 3.63) is 42.5 Å². The number of ether oxygens (including phenoxy) is 1. The number of rotatable bonds is 0. The molecule has 2 aliphatic rings. The highest BCUT2D eigenvalue weighted by Crippen LogP contribution is 2.31. The van der Waals surface area contributed by atoms with Gasteiger partial charge in [-0.25, -0.2) is 18.7 Å².